The van der Waals surface area contributed by atoms with Crippen molar-refractivity contribution in [2.75, 3.05) is 7.11 Å². The number of phenols is 1. The molecule has 0 saturated carbocycles. The Morgan fingerprint density at radius 2 is 1.41 bits per heavy atom. The summed E-state index contributed by atoms with van der Waals surface area (Å²) in [6.45, 7) is 4.77. The van der Waals surface area contributed by atoms with Crippen molar-refractivity contribution in [2.24, 2.45) is 0 Å². The van der Waals surface area contributed by atoms with E-state index < -0.39 is 78.4 Å². The maximum Gasteiger partial charge on any atom is 0.348 e. The quantitative estimate of drug-likeness (QED) is 0.104. The van der Waals surface area contributed by atoms with E-state index in [9.17, 15) is 35.1 Å². The van der Waals surface area contributed by atoms with Crippen LogP contribution in [0.4, 0.5) is 0 Å². The fraction of sp³-hybridized carbons (Fsp3) is 0.438. The third-order valence-corrected chi connectivity index (χ3v) is 9.03. The van der Waals surface area contributed by atoms with E-state index in [2.05, 4.69) is 0 Å². The van der Waals surface area contributed by atoms with Crippen LogP contribution >= 0.6 is 0 Å². The fourth-order valence-corrected chi connectivity index (χ4v) is 6.58. The average Bonchev–Trinajstić information content (AvgIpc) is 3.02. The zero-order chi connectivity index (χ0) is 32.8. The van der Waals surface area contributed by atoms with Gasteiger partial charge in [0.2, 0.25) is 6.29 Å². The maximum absolute atomic E-state index is 13.4. The molecule has 14 nitrogen and oxygen atoms in total. The smallest absolute Gasteiger partial charge is 0.348 e. The van der Waals surface area contributed by atoms with Crippen LogP contribution < -0.4 is 16.0 Å². The minimum atomic E-state index is -1.60. The summed E-state index contributed by atoms with van der Waals surface area (Å²) in [7, 11) is 1.30. The molecule has 10 atom stereocenters. The minimum Gasteiger partial charge on any atom is -0.506 e. The predicted molar refractivity (Wildman–Crippen MR) is 160 cm³/mol. The number of benzene rings is 3. The molecule has 5 N–H and O–H groups in total. The third-order valence-electron chi connectivity index (χ3n) is 9.03. The van der Waals surface area contributed by atoms with Gasteiger partial charge in [-0.2, -0.15) is 0 Å². The van der Waals surface area contributed by atoms with Crippen LogP contribution in [-0.4, -0.2) is 94.1 Å². The van der Waals surface area contributed by atoms with Gasteiger partial charge in [-0.1, -0.05) is 18.2 Å². The molecule has 7 rings (SSSR count). The van der Waals surface area contributed by atoms with Gasteiger partial charge in [-0.3, -0.25) is 0 Å². The molecule has 4 heterocycles. The molecule has 46 heavy (non-hydrogen) atoms. The number of phenolic OH excluding ortho intramolecular Hbond substituents is 1. The Bertz CT molecular complexity index is 2070. The van der Waals surface area contributed by atoms with Crippen LogP contribution in [0.5, 0.6) is 11.5 Å². The van der Waals surface area contributed by atoms with Gasteiger partial charge in [0, 0.05) is 23.3 Å². The van der Waals surface area contributed by atoms with E-state index >= 15 is 0 Å². The van der Waals surface area contributed by atoms with E-state index in [-0.39, 0.29) is 43.8 Å². The van der Waals surface area contributed by atoms with Crippen molar-refractivity contribution >= 4 is 43.5 Å². The summed E-state index contributed by atoms with van der Waals surface area (Å²) in [6.07, 6.45) is -13.0. The average molecular weight is 641 g/mol. The zero-order valence-corrected chi connectivity index (χ0v) is 25.1. The first-order valence-corrected chi connectivity index (χ1v) is 14.7. The second kappa shape index (κ2) is 11.1. The molecule has 0 spiro atoms. The molecule has 0 aliphatic carbocycles. The lowest BCUT2D eigenvalue weighted by Crippen LogP contribution is -2.64. The Hall–Kier alpha value is -3.86. The SMILES string of the molecule is CO[C@H]1[C@@H](O)[C@@H](O[C@H]2[C@H](Oc3cccc4c(O)c5c(=O)oc6ccc(C)c7c(=O)oc(c34)c5c67)O[C@@H](C)[C@@H](O)[C@H]2O)O[C@@H](C)[C@H]1O. The summed E-state index contributed by atoms with van der Waals surface area (Å²) in [4.78, 5) is 26.5. The fourth-order valence-electron chi connectivity index (χ4n) is 6.58. The summed E-state index contributed by atoms with van der Waals surface area (Å²) in [6, 6.07) is 7.70. The van der Waals surface area contributed by atoms with Crippen molar-refractivity contribution in [3.05, 3.63) is 56.7 Å². The highest BCUT2D eigenvalue weighted by Gasteiger charge is 2.50. The normalized spacial score (nSPS) is 32.2. The molecule has 14 heteroatoms. The Morgan fingerprint density at radius 1 is 0.717 bits per heavy atom. The van der Waals surface area contributed by atoms with Gasteiger partial charge in [0.05, 0.1) is 23.0 Å². The number of hydrogen-bond acceptors (Lipinski definition) is 14. The van der Waals surface area contributed by atoms with E-state index in [0.29, 0.717) is 10.9 Å². The van der Waals surface area contributed by atoms with E-state index in [0.717, 1.165) is 0 Å². The van der Waals surface area contributed by atoms with E-state index in [1.165, 1.54) is 32.2 Å². The molecule has 244 valence electrons. The Morgan fingerprint density at radius 3 is 2.15 bits per heavy atom. The molecule has 0 unspecified atom stereocenters. The van der Waals surface area contributed by atoms with Gasteiger partial charge in [0.1, 0.15) is 53.0 Å². The first kappa shape index (κ1) is 30.8. The first-order valence-electron chi connectivity index (χ1n) is 14.7. The van der Waals surface area contributed by atoms with Crippen LogP contribution in [0, 0.1) is 6.92 Å². The number of aliphatic hydroxyl groups excluding tert-OH is 4. The van der Waals surface area contributed by atoms with Gasteiger partial charge in [-0.05, 0) is 38.5 Å². The van der Waals surface area contributed by atoms with Crippen molar-refractivity contribution in [1.29, 1.82) is 0 Å². The van der Waals surface area contributed by atoms with E-state index in [4.69, 9.17) is 32.5 Å². The van der Waals surface area contributed by atoms with Gasteiger partial charge in [-0.25, -0.2) is 9.59 Å². The summed E-state index contributed by atoms with van der Waals surface area (Å²) in [5.74, 6) is -0.425. The van der Waals surface area contributed by atoms with Crippen molar-refractivity contribution in [3.63, 3.8) is 0 Å². The predicted octanol–water partition coefficient (Wildman–Crippen LogP) is 1.37. The van der Waals surface area contributed by atoms with Crippen molar-refractivity contribution < 1.29 is 58.1 Å². The van der Waals surface area contributed by atoms with Gasteiger partial charge in [0.15, 0.2) is 18.0 Å². The second-order valence-corrected chi connectivity index (χ2v) is 11.8. The number of rotatable bonds is 5. The summed E-state index contributed by atoms with van der Waals surface area (Å²) in [5, 5.41) is 55.1. The molecule has 2 aromatic heterocycles. The standard InChI is InChI=1S/C32H32O14/c1-10-8-9-15-18-16(10)29(38)45-26-17-13(23(35)20(19(18)26)30(39)43-15)6-5-7-14(17)44-32-28(24(36)21(33)11(2)42-32)46-31-25(37)27(40-4)22(34)12(3)41-31/h5-9,11-12,21-22,24-25,27-28,31-37H,1-4H3/t11-,12-,21+,22+,24+,25+,27+,28+,31+,32-/m0/s1. The topological polar surface area (TPSA) is 208 Å². The van der Waals surface area contributed by atoms with Crippen molar-refractivity contribution in [1.82, 2.24) is 0 Å². The van der Waals surface area contributed by atoms with Crippen molar-refractivity contribution in [3.8, 4) is 11.5 Å². The largest absolute Gasteiger partial charge is 0.506 e. The highest BCUT2D eigenvalue weighted by atomic mass is 16.8. The third kappa shape index (κ3) is 4.48. The monoisotopic (exact) mass is 640 g/mol. The number of hydrogen-bond donors (Lipinski definition) is 5. The molecule has 3 aromatic carbocycles. The Balaban J connectivity index is 1.38. The highest BCUT2D eigenvalue weighted by Crippen LogP contribution is 2.45. The lowest BCUT2D eigenvalue weighted by Gasteiger charge is -2.46. The van der Waals surface area contributed by atoms with Crippen molar-refractivity contribution in [2.45, 2.75) is 82.2 Å². The van der Waals surface area contributed by atoms with E-state index in [1.54, 1.807) is 26.0 Å². The molecule has 0 bridgehead atoms. The molecule has 5 aromatic rings. The molecule has 2 aliphatic heterocycles. The molecule has 0 amide bonds. The van der Waals surface area contributed by atoms with Gasteiger partial charge >= 0.3 is 11.3 Å². The maximum atomic E-state index is 13.4. The number of aryl methyl sites for hydroxylation is 1. The van der Waals surface area contributed by atoms with Gasteiger partial charge in [0.25, 0.3) is 0 Å². The number of aliphatic hydroxyl groups is 4. The molecular weight excluding hydrogens is 608 g/mol. The van der Waals surface area contributed by atoms with Crippen LogP contribution in [0.25, 0.3) is 43.5 Å². The molecule has 2 fully saturated rings. The zero-order valence-electron chi connectivity index (χ0n) is 25.1. The van der Waals surface area contributed by atoms with Gasteiger partial charge < -0.3 is 58.1 Å². The lowest BCUT2D eigenvalue weighted by molar-refractivity contribution is -0.353. The summed E-state index contributed by atoms with van der Waals surface area (Å²) < 4.78 is 40.4. The van der Waals surface area contributed by atoms with Crippen LogP contribution in [-0.2, 0) is 18.9 Å². The molecule has 2 saturated heterocycles. The molecule has 2 aliphatic rings. The Labute approximate surface area is 259 Å². The summed E-state index contributed by atoms with van der Waals surface area (Å²) >= 11 is 0. The number of methoxy groups -OCH3 is 1. The summed E-state index contributed by atoms with van der Waals surface area (Å²) in [5.41, 5.74) is -0.899. The lowest BCUT2D eigenvalue weighted by atomic mass is 9.95. The van der Waals surface area contributed by atoms with Crippen LogP contribution in [0.1, 0.15) is 19.4 Å². The molecular formula is C32H32O14. The first-order chi connectivity index (χ1) is 21.9. The second-order valence-electron chi connectivity index (χ2n) is 11.8. The number of ether oxygens (including phenoxy) is 5. The Kier molecular flexibility index (Phi) is 7.45. The number of aromatic hydroxyl groups is 1. The van der Waals surface area contributed by atoms with Crippen LogP contribution in [0.15, 0.2) is 48.8 Å². The van der Waals surface area contributed by atoms with Gasteiger partial charge in [-0.15, -0.1) is 0 Å². The number of fused-ring (bicyclic) bond motifs is 2. The van der Waals surface area contributed by atoms with Crippen LogP contribution in [0.3, 0.4) is 0 Å². The highest BCUT2D eigenvalue weighted by molar-refractivity contribution is 6.28. The van der Waals surface area contributed by atoms with Crippen LogP contribution in [0.2, 0.25) is 0 Å². The minimum absolute atomic E-state index is 0.00746. The molecule has 0 radical (unpaired) electrons. The van der Waals surface area contributed by atoms with E-state index in [1.807, 2.05) is 0 Å².